The van der Waals surface area contributed by atoms with Crippen molar-refractivity contribution in [2.45, 2.75) is 19.3 Å². The lowest BCUT2D eigenvalue weighted by Gasteiger charge is -2.22. The van der Waals surface area contributed by atoms with E-state index >= 15 is 0 Å². The Morgan fingerprint density at radius 3 is 2.93 bits per heavy atom. The van der Waals surface area contributed by atoms with Gasteiger partial charge in [-0.25, -0.2) is 0 Å². The first-order valence-corrected chi connectivity index (χ1v) is 5.56. The fourth-order valence-electron chi connectivity index (χ4n) is 1.88. The van der Waals surface area contributed by atoms with E-state index in [0.29, 0.717) is 12.2 Å². The van der Waals surface area contributed by atoms with Crippen LogP contribution in [0.1, 0.15) is 23.5 Å². The summed E-state index contributed by atoms with van der Waals surface area (Å²) in [4.78, 5) is 11.7. The van der Waals surface area contributed by atoms with Crippen molar-refractivity contribution >= 4 is 17.4 Å². The molecule has 1 aliphatic rings. The van der Waals surface area contributed by atoms with E-state index in [1.165, 1.54) is 0 Å². The van der Waals surface area contributed by atoms with Crippen LogP contribution in [0, 0.1) is 6.92 Å². The molecule has 1 aliphatic heterocycles. The minimum Gasteiger partial charge on any atom is -0.315 e. The van der Waals surface area contributed by atoms with Crippen LogP contribution in [0.4, 0.5) is 0 Å². The molecule has 80 valence electrons. The van der Waals surface area contributed by atoms with Crippen molar-refractivity contribution in [1.82, 2.24) is 5.32 Å². The Morgan fingerprint density at radius 1 is 1.47 bits per heavy atom. The predicted octanol–water partition coefficient (Wildman–Crippen LogP) is 2.29. The molecule has 0 saturated carbocycles. The normalized spacial score (nSPS) is 21.7. The summed E-state index contributed by atoms with van der Waals surface area (Å²) in [5.41, 5.74) is 2.08. The molecule has 1 aromatic rings. The van der Waals surface area contributed by atoms with Gasteiger partial charge < -0.3 is 5.32 Å². The average Bonchev–Trinajstić information content (AvgIpc) is 2.23. The Kier molecular flexibility index (Phi) is 3.08. The number of carbonyl (C=O) groups is 1. The number of Topliss-reactive ketones (excluding diaryl/α,β-unsaturated/α-hetero) is 1. The number of hydrogen-bond donors (Lipinski definition) is 1. The van der Waals surface area contributed by atoms with Crippen LogP contribution in [-0.2, 0) is 4.79 Å². The molecule has 1 saturated heterocycles. The van der Waals surface area contributed by atoms with Crippen molar-refractivity contribution in [1.29, 1.82) is 0 Å². The lowest BCUT2D eigenvalue weighted by atomic mass is 9.90. The van der Waals surface area contributed by atoms with Gasteiger partial charge in [-0.05, 0) is 24.1 Å². The third kappa shape index (κ3) is 2.21. The highest BCUT2D eigenvalue weighted by atomic mass is 35.5. The van der Waals surface area contributed by atoms with Crippen LogP contribution in [0.5, 0.6) is 0 Å². The minimum absolute atomic E-state index is 0.0168. The number of piperidine rings is 1. The van der Waals surface area contributed by atoms with E-state index in [1.54, 1.807) is 0 Å². The smallest absolute Gasteiger partial charge is 0.142 e. The number of halogens is 1. The molecule has 1 unspecified atom stereocenters. The van der Waals surface area contributed by atoms with Gasteiger partial charge in [0.25, 0.3) is 0 Å². The van der Waals surface area contributed by atoms with Gasteiger partial charge in [-0.15, -0.1) is 0 Å². The van der Waals surface area contributed by atoms with Crippen molar-refractivity contribution in [2.75, 3.05) is 13.1 Å². The van der Waals surface area contributed by atoms with Gasteiger partial charge in [0.05, 0.1) is 5.92 Å². The van der Waals surface area contributed by atoms with E-state index in [-0.39, 0.29) is 5.92 Å². The third-order valence-electron chi connectivity index (χ3n) is 2.88. The molecule has 0 aliphatic carbocycles. The van der Waals surface area contributed by atoms with E-state index in [9.17, 15) is 4.79 Å². The first kappa shape index (κ1) is 10.7. The fourth-order valence-corrected chi connectivity index (χ4v) is 2.06. The van der Waals surface area contributed by atoms with Crippen molar-refractivity contribution in [2.24, 2.45) is 0 Å². The Morgan fingerprint density at radius 2 is 2.27 bits per heavy atom. The van der Waals surface area contributed by atoms with Crippen LogP contribution in [-0.4, -0.2) is 18.9 Å². The van der Waals surface area contributed by atoms with E-state index < -0.39 is 0 Å². The zero-order chi connectivity index (χ0) is 10.8. The summed E-state index contributed by atoms with van der Waals surface area (Å²) in [6, 6.07) is 5.88. The first-order chi connectivity index (χ1) is 7.18. The number of rotatable bonds is 1. The SMILES string of the molecule is Cc1ccc(C2CNCCC2=O)cc1Cl. The van der Waals surface area contributed by atoms with Gasteiger partial charge in [-0.3, -0.25) is 4.79 Å². The Balaban J connectivity index is 2.28. The van der Waals surface area contributed by atoms with Crippen molar-refractivity contribution in [3.63, 3.8) is 0 Å². The summed E-state index contributed by atoms with van der Waals surface area (Å²) >= 11 is 6.05. The zero-order valence-corrected chi connectivity index (χ0v) is 9.47. The van der Waals surface area contributed by atoms with Crippen LogP contribution in [0.3, 0.4) is 0 Å². The standard InChI is InChI=1S/C12H14ClNO/c1-8-2-3-9(6-11(8)13)10-7-14-5-4-12(10)15/h2-3,6,10,14H,4-5,7H2,1H3. The van der Waals surface area contributed by atoms with Crippen LogP contribution in [0.25, 0.3) is 0 Å². The summed E-state index contributed by atoms with van der Waals surface area (Å²) in [5, 5.41) is 3.98. The summed E-state index contributed by atoms with van der Waals surface area (Å²) < 4.78 is 0. The topological polar surface area (TPSA) is 29.1 Å². The van der Waals surface area contributed by atoms with Crippen LogP contribution in [0.15, 0.2) is 18.2 Å². The van der Waals surface area contributed by atoms with Crippen molar-refractivity contribution in [3.8, 4) is 0 Å². The fraction of sp³-hybridized carbons (Fsp3) is 0.417. The number of carbonyl (C=O) groups excluding carboxylic acids is 1. The van der Waals surface area contributed by atoms with Crippen LogP contribution in [0.2, 0.25) is 5.02 Å². The third-order valence-corrected chi connectivity index (χ3v) is 3.29. The molecule has 1 aromatic carbocycles. The van der Waals surface area contributed by atoms with Crippen LogP contribution >= 0.6 is 11.6 Å². The second kappa shape index (κ2) is 4.33. The molecule has 1 N–H and O–H groups in total. The first-order valence-electron chi connectivity index (χ1n) is 5.18. The largest absolute Gasteiger partial charge is 0.315 e. The summed E-state index contributed by atoms with van der Waals surface area (Å²) in [7, 11) is 0. The number of aryl methyl sites for hydroxylation is 1. The molecule has 2 rings (SSSR count). The molecule has 15 heavy (non-hydrogen) atoms. The molecule has 0 radical (unpaired) electrons. The molecule has 2 nitrogen and oxygen atoms in total. The quantitative estimate of drug-likeness (QED) is 0.792. The van der Waals surface area contributed by atoms with E-state index in [2.05, 4.69) is 5.32 Å². The Bertz CT molecular complexity index is 389. The molecule has 0 amide bonds. The van der Waals surface area contributed by atoms with Gasteiger partial charge in [-0.1, -0.05) is 23.7 Å². The second-order valence-electron chi connectivity index (χ2n) is 3.98. The maximum Gasteiger partial charge on any atom is 0.142 e. The molecular weight excluding hydrogens is 210 g/mol. The van der Waals surface area contributed by atoms with Gasteiger partial charge in [0, 0.05) is 24.5 Å². The molecule has 1 fully saturated rings. The highest BCUT2D eigenvalue weighted by Gasteiger charge is 2.23. The number of benzene rings is 1. The molecule has 0 bridgehead atoms. The van der Waals surface area contributed by atoms with Gasteiger partial charge in [-0.2, -0.15) is 0 Å². The molecular formula is C12H14ClNO. The highest BCUT2D eigenvalue weighted by Crippen LogP contribution is 2.25. The van der Waals surface area contributed by atoms with Gasteiger partial charge in [0.15, 0.2) is 0 Å². The van der Waals surface area contributed by atoms with Crippen LogP contribution < -0.4 is 5.32 Å². The Labute approximate surface area is 94.6 Å². The zero-order valence-electron chi connectivity index (χ0n) is 8.72. The lowest BCUT2D eigenvalue weighted by molar-refractivity contribution is -0.121. The number of hydrogen-bond acceptors (Lipinski definition) is 2. The summed E-state index contributed by atoms with van der Waals surface area (Å²) in [6.07, 6.45) is 0.621. The monoisotopic (exact) mass is 223 g/mol. The lowest BCUT2D eigenvalue weighted by Crippen LogP contribution is -2.35. The maximum atomic E-state index is 11.7. The van der Waals surface area contributed by atoms with Gasteiger partial charge in [0.2, 0.25) is 0 Å². The highest BCUT2D eigenvalue weighted by molar-refractivity contribution is 6.31. The van der Waals surface area contributed by atoms with E-state index in [1.807, 2.05) is 25.1 Å². The summed E-state index contributed by atoms with van der Waals surface area (Å²) in [6.45, 7) is 3.50. The molecule has 0 aromatic heterocycles. The average molecular weight is 224 g/mol. The van der Waals surface area contributed by atoms with E-state index in [0.717, 1.165) is 29.2 Å². The second-order valence-corrected chi connectivity index (χ2v) is 4.39. The van der Waals surface area contributed by atoms with Gasteiger partial charge >= 0.3 is 0 Å². The molecule has 0 spiro atoms. The Hall–Kier alpha value is -0.860. The maximum absolute atomic E-state index is 11.7. The number of nitrogens with one attached hydrogen (secondary N) is 1. The minimum atomic E-state index is -0.0168. The van der Waals surface area contributed by atoms with Crippen molar-refractivity contribution < 1.29 is 4.79 Å². The predicted molar refractivity (Wildman–Crippen MR) is 61.4 cm³/mol. The van der Waals surface area contributed by atoms with E-state index in [4.69, 9.17) is 11.6 Å². The molecule has 1 atom stereocenters. The molecule has 1 heterocycles. The summed E-state index contributed by atoms with van der Waals surface area (Å²) in [5.74, 6) is 0.297. The van der Waals surface area contributed by atoms with Gasteiger partial charge in [0.1, 0.15) is 5.78 Å². The number of ketones is 1. The van der Waals surface area contributed by atoms with Crippen molar-refractivity contribution in [3.05, 3.63) is 34.3 Å². The molecule has 3 heteroatoms.